The van der Waals surface area contributed by atoms with Crippen LogP contribution in [-0.4, -0.2) is 32.7 Å². The van der Waals surface area contributed by atoms with Gasteiger partial charge in [-0.15, -0.1) is 19.0 Å². The summed E-state index contributed by atoms with van der Waals surface area (Å²) < 4.78 is 50.3. The average Bonchev–Trinajstić information content (AvgIpc) is 3.38. The van der Waals surface area contributed by atoms with Crippen molar-refractivity contribution in [1.29, 1.82) is 0 Å². The van der Waals surface area contributed by atoms with Gasteiger partial charge in [0, 0.05) is 23.0 Å². The van der Waals surface area contributed by atoms with E-state index < -0.39 is 12.2 Å². The van der Waals surface area contributed by atoms with Crippen molar-refractivity contribution in [2.45, 2.75) is 11.5 Å². The summed E-state index contributed by atoms with van der Waals surface area (Å²) in [5.74, 6) is -0.568. The number of rotatable bonds is 6. The molecule has 1 aliphatic heterocycles. The highest BCUT2D eigenvalue weighted by molar-refractivity contribution is 7.99. The summed E-state index contributed by atoms with van der Waals surface area (Å²) in [4.78, 5) is 12.5. The SMILES string of the molecule is O=C(CSc1nnc(-c2ccccc2)n1-c1ccc(F)cc1)Nc1ccc2c(c1)OC(F)(F)O2. The maximum atomic E-state index is 13.5. The van der Waals surface area contributed by atoms with Crippen molar-refractivity contribution in [3.05, 3.63) is 78.6 Å². The number of hydrogen-bond donors (Lipinski definition) is 1. The molecule has 0 bridgehead atoms. The maximum absolute atomic E-state index is 13.5. The van der Waals surface area contributed by atoms with E-state index in [1.807, 2.05) is 30.3 Å². The molecule has 1 amide bonds. The molecule has 2 heterocycles. The molecule has 0 saturated heterocycles. The van der Waals surface area contributed by atoms with E-state index in [-0.39, 0.29) is 28.8 Å². The van der Waals surface area contributed by atoms with Crippen LogP contribution in [0.25, 0.3) is 17.1 Å². The lowest BCUT2D eigenvalue weighted by Crippen LogP contribution is -2.25. The fourth-order valence-electron chi connectivity index (χ4n) is 3.31. The molecule has 0 radical (unpaired) electrons. The number of aromatic nitrogens is 3. The first-order chi connectivity index (χ1) is 16.4. The zero-order chi connectivity index (χ0) is 23.7. The number of amides is 1. The molecule has 1 aliphatic rings. The highest BCUT2D eigenvalue weighted by atomic mass is 32.2. The topological polar surface area (TPSA) is 78.3 Å². The largest absolute Gasteiger partial charge is 0.586 e. The first kappa shape index (κ1) is 21.8. The number of alkyl halides is 2. The summed E-state index contributed by atoms with van der Waals surface area (Å²) in [7, 11) is 0. The molecular weight excluding hydrogens is 469 g/mol. The standard InChI is InChI=1S/C23H15F3N4O3S/c24-15-6-9-17(10-7-15)30-21(14-4-2-1-3-5-14)28-29-22(30)34-13-20(31)27-16-8-11-18-19(12-16)33-23(25,26)32-18/h1-12H,13H2,(H,27,31). The fraction of sp³-hybridized carbons (Fsp3) is 0.0870. The zero-order valence-electron chi connectivity index (χ0n) is 17.2. The van der Waals surface area contributed by atoms with Gasteiger partial charge in [-0.2, -0.15) is 0 Å². The highest BCUT2D eigenvalue weighted by Crippen LogP contribution is 2.42. The van der Waals surface area contributed by atoms with Crippen molar-refractivity contribution in [2.75, 3.05) is 11.1 Å². The van der Waals surface area contributed by atoms with Crippen LogP contribution in [0.2, 0.25) is 0 Å². The van der Waals surface area contributed by atoms with E-state index in [9.17, 15) is 18.0 Å². The normalized spacial score (nSPS) is 13.6. The van der Waals surface area contributed by atoms with Crippen LogP contribution in [0, 0.1) is 5.82 Å². The molecule has 0 aliphatic carbocycles. The molecule has 7 nitrogen and oxygen atoms in total. The molecule has 0 saturated carbocycles. The number of nitrogens with zero attached hydrogens (tertiary/aromatic N) is 3. The molecule has 0 unspecified atom stereocenters. The van der Waals surface area contributed by atoms with Gasteiger partial charge >= 0.3 is 6.29 Å². The molecule has 0 atom stereocenters. The second-order valence-corrected chi connectivity index (χ2v) is 8.09. The molecular formula is C23H15F3N4O3S. The van der Waals surface area contributed by atoms with Crippen molar-refractivity contribution in [1.82, 2.24) is 14.8 Å². The van der Waals surface area contributed by atoms with E-state index >= 15 is 0 Å². The second kappa shape index (κ2) is 8.75. The Hall–Kier alpha value is -3.99. The summed E-state index contributed by atoms with van der Waals surface area (Å²) >= 11 is 1.12. The molecule has 1 N–H and O–H groups in total. The number of halogens is 3. The quantitative estimate of drug-likeness (QED) is 0.383. The molecule has 4 aromatic rings. The average molecular weight is 484 g/mol. The molecule has 1 aromatic heterocycles. The molecule has 172 valence electrons. The predicted molar refractivity (Wildman–Crippen MR) is 119 cm³/mol. The van der Waals surface area contributed by atoms with Gasteiger partial charge in [0.25, 0.3) is 0 Å². The third kappa shape index (κ3) is 4.55. The van der Waals surface area contributed by atoms with Crippen LogP contribution in [0.4, 0.5) is 18.9 Å². The first-order valence-corrected chi connectivity index (χ1v) is 11.0. The smallest absolute Gasteiger partial charge is 0.395 e. The Morgan fingerprint density at radius 3 is 2.47 bits per heavy atom. The maximum Gasteiger partial charge on any atom is 0.586 e. The summed E-state index contributed by atoms with van der Waals surface area (Å²) in [6.45, 7) is 0. The molecule has 34 heavy (non-hydrogen) atoms. The number of carbonyl (C=O) groups excluding carboxylic acids is 1. The van der Waals surface area contributed by atoms with Crippen LogP contribution < -0.4 is 14.8 Å². The second-order valence-electron chi connectivity index (χ2n) is 7.15. The third-order valence-corrected chi connectivity index (χ3v) is 5.70. The number of carbonyl (C=O) groups is 1. The van der Waals surface area contributed by atoms with Gasteiger partial charge in [-0.1, -0.05) is 42.1 Å². The number of thioether (sulfide) groups is 1. The lowest BCUT2D eigenvalue weighted by atomic mass is 10.2. The Bertz CT molecular complexity index is 1350. The van der Waals surface area contributed by atoms with E-state index in [1.165, 1.54) is 30.3 Å². The van der Waals surface area contributed by atoms with Gasteiger partial charge in [-0.25, -0.2) is 4.39 Å². The Balaban J connectivity index is 1.34. The molecule has 0 fully saturated rings. The number of nitrogens with one attached hydrogen (secondary N) is 1. The Morgan fingerprint density at radius 1 is 0.971 bits per heavy atom. The lowest BCUT2D eigenvalue weighted by molar-refractivity contribution is -0.286. The van der Waals surface area contributed by atoms with Gasteiger partial charge in [0.05, 0.1) is 5.75 Å². The van der Waals surface area contributed by atoms with Gasteiger partial charge in [0.2, 0.25) is 5.91 Å². The van der Waals surface area contributed by atoms with Crippen molar-refractivity contribution in [2.24, 2.45) is 0 Å². The summed E-state index contributed by atoms with van der Waals surface area (Å²) in [6.07, 6.45) is -3.73. The summed E-state index contributed by atoms with van der Waals surface area (Å²) in [6, 6.07) is 19.2. The monoisotopic (exact) mass is 484 g/mol. The van der Waals surface area contributed by atoms with Crippen LogP contribution in [0.1, 0.15) is 0 Å². The Labute approximate surface area is 195 Å². The molecule has 0 spiro atoms. The summed E-state index contributed by atoms with van der Waals surface area (Å²) in [5, 5.41) is 11.5. The van der Waals surface area contributed by atoms with E-state index in [0.29, 0.717) is 16.7 Å². The van der Waals surface area contributed by atoms with Crippen molar-refractivity contribution >= 4 is 23.4 Å². The van der Waals surface area contributed by atoms with Crippen molar-refractivity contribution in [3.63, 3.8) is 0 Å². The Morgan fingerprint density at radius 2 is 1.71 bits per heavy atom. The van der Waals surface area contributed by atoms with Gasteiger partial charge < -0.3 is 14.8 Å². The van der Waals surface area contributed by atoms with Gasteiger partial charge in [0.15, 0.2) is 22.5 Å². The van der Waals surface area contributed by atoms with E-state index in [4.69, 9.17) is 0 Å². The molecule has 5 rings (SSSR count). The van der Waals surface area contributed by atoms with Crippen molar-refractivity contribution < 1.29 is 27.4 Å². The first-order valence-electron chi connectivity index (χ1n) is 9.97. The minimum absolute atomic E-state index is 0.0429. The number of hydrogen-bond acceptors (Lipinski definition) is 6. The third-order valence-electron chi connectivity index (χ3n) is 4.77. The van der Waals surface area contributed by atoms with Crippen LogP contribution >= 0.6 is 11.8 Å². The number of ether oxygens (including phenoxy) is 2. The van der Waals surface area contributed by atoms with Crippen LogP contribution in [0.15, 0.2) is 78.0 Å². The number of anilines is 1. The van der Waals surface area contributed by atoms with Gasteiger partial charge in [-0.05, 0) is 36.4 Å². The number of fused-ring (bicyclic) bond motifs is 1. The van der Waals surface area contributed by atoms with Crippen LogP contribution in [-0.2, 0) is 4.79 Å². The Kier molecular flexibility index (Phi) is 5.62. The van der Waals surface area contributed by atoms with Gasteiger partial charge in [0.1, 0.15) is 5.82 Å². The van der Waals surface area contributed by atoms with Gasteiger partial charge in [-0.3, -0.25) is 9.36 Å². The minimum atomic E-state index is -3.73. The van der Waals surface area contributed by atoms with E-state index in [1.54, 1.807) is 16.7 Å². The zero-order valence-corrected chi connectivity index (χ0v) is 18.1. The lowest BCUT2D eigenvalue weighted by Gasteiger charge is -2.11. The fourth-order valence-corrected chi connectivity index (χ4v) is 4.07. The minimum Gasteiger partial charge on any atom is -0.395 e. The van der Waals surface area contributed by atoms with Crippen molar-refractivity contribution in [3.8, 4) is 28.6 Å². The number of benzene rings is 3. The molecule has 3 aromatic carbocycles. The predicted octanol–water partition coefficient (Wildman–Crippen LogP) is 5.13. The summed E-state index contributed by atoms with van der Waals surface area (Å²) in [5.41, 5.74) is 1.70. The van der Waals surface area contributed by atoms with Crippen LogP contribution in [0.5, 0.6) is 11.5 Å². The highest BCUT2D eigenvalue weighted by Gasteiger charge is 2.43. The van der Waals surface area contributed by atoms with E-state index in [2.05, 4.69) is 25.0 Å². The molecule has 11 heteroatoms. The van der Waals surface area contributed by atoms with Crippen LogP contribution in [0.3, 0.4) is 0 Å². The van der Waals surface area contributed by atoms with E-state index in [0.717, 1.165) is 17.3 Å².